The van der Waals surface area contributed by atoms with E-state index in [1.54, 1.807) is 27.9 Å². The van der Waals surface area contributed by atoms with Gasteiger partial charge in [0.25, 0.3) is 0 Å². The number of hydrogen-bond acceptors (Lipinski definition) is 10. The number of nitrogens with two attached hydrogens (primary N) is 1. The summed E-state index contributed by atoms with van der Waals surface area (Å²) in [5.74, 6) is -0.999. The second-order valence-corrected chi connectivity index (χ2v) is 11.3. The number of carbonyl (C=O) groups is 2. The molecule has 1 unspecified atom stereocenters. The van der Waals surface area contributed by atoms with Crippen LogP contribution in [0.5, 0.6) is 6.01 Å². The lowest BCUT2D eigenvalue weighted by molar-refractivity contribution is -0.139. The molecular formula is C28H40N8O7S. The van der Waals surface area contributed by atoms with Gasteiger partial charge in [0.1, 0.15) is 23.8 Å². The van der Waals surface area contributed by atoms with E-state index in [0.717, 1.165) is 11.1 Å². The first-order valence-electron chi connectivity index (χ1n) is 14.1. The highest BCUT2D eigenvalue weighted by molar-refractivity contribution is 7.80. The molecule has 7 N–H and O–H groups in total. The van der Waals surface area contributed by atoms with Crippen LogP contribution in [0.4, 0.5) is 10.6 Å². The van der Waals surface area contributed by atoms with Crippen LogP contribution in [0.25, 0.3) is 11.2 Å². The first-order chi connectivity index (χ1) is 20.9. The number of nitrogens with zero attached hydrogens (tertiary/aromatic N) is 3. The fourth-order valence-electron chi connectivity index (χ4n) is 4.03. The zero-order valence-corrected chi connectivity index (χ0v) is 26.1. The molecule has 2 heterocycles. The first-order valence-corrected chi connectivity index (χ1v) is 14.5. The van der Waals surface area contributed by atoms with E-state index in [0.29, 0.717) is 48.8 Å². The summed E-state index contributed by atoms with van der Waals surface area (Å²) < 4.78 is 17.0. The fraction of sp³-hybridized carbons (Fsp3) is 0.500. The van der Waals surface area contributed by atoms with E-state index in [-0.39, 0.29) is 37.1 Å². The number of carboxylic acid groups (broad SMARTS) is 1. The molecule has 3 rings (SSSR count). The Bertz CT molecular complexity index is 1480. The maximum atomic E-state index is 12.6. The SMILES string of the molecule is COCCOc1nc(N)c2[nH]c(=O)n(Cc3ccc(CNC(=S)NCCCCC(NC(=O)OC(C)(C)C)C(=O)O)cc3)c2n1. The Hall–Kier alpha value is -4.44. The van der Waals surface area contributed by atoms with Gasteiger partial charge < -0.3 is 46.0 Å². The van der Waals surface area contributed by atoms with Crippen LogP contribution in [0.1, 0.15) is 51.2 Å². The van der Waals surface area contributed by atoms with Crippen LogP contribution >= 0.6 is 12.2 Å². The molecule has 1 amide bonds. The number of rotatable bonds is 15. The van der Waals surface area contributed by atoms with E-state index in [1.807, 2.05) is 24.3 Å². The van der Waals surface area contributed by atoms with Crippen molar-refractivity contribution in [1.82, 2.24) is 35.5 Å². The second kappa shape index (κ2) is 15.9. The summed E-state index contributed by atoms with van der Waals surface area (Å²) in [5, 5.41) is 18.5. The van der Waals surface area contributed by atoms with Crippen LogP contribution in [-0.4, -0.2) is 80.3 Å². The van der Waals surface area contributed by atoms with Gasteiger partial charge in [-0.1, -0.05) is 24.3 Å². The largest absolute Gasteiger partial charge is 0.480 e. The minimum atomic E-state index is -1.11. The van der Waals surface area contributed by atoms with Crippen LogP contribution in [-0.2, 0) is 27.4 Å². The number of benzene rings is 1. The van der Waals surface area contributed by atoms with Gasteiger partial charge in [-0.3, -0.25) is 4.57 Å². The summed E-state index contributed by atoms with van der Waals surface area (Å²) in [7, 11) is 1.55. The number of carbonyl (C=O) groups excluding carboxylic acids is 1. The Kier molecular flexibility index (Phi) is 12.3. The van der Waals surface area contributed by atoms with Gasteiger partial charge in [0.15, 0.2) is 16.6 Å². The van der Waals surface area contributed by atoms with Gasteiger partial charge in [0.2, 0.25) is 0 Å². The van der Waals surface area contributed by atoms with Crippen molar-refractivity contribution in [2.45, 2.75) is 64.8 Å². The van der Waals surface area contributed by atoms with E-state index in [2.05, 4.69) is 30.9 Å². The number of alkyl carbamates (subject to hydrolysis) is 1. The number of hydrogen-bond donors (Lipinski definition) is 6. The number of nitrogens with one attached hydrogen (secondary N) is 4. The van der Waals surface area contributed by atoms with Crippen molar-refractivity contribution in [3.05, 3.63) is 45.9 Å². The molecule has 3 aromatic rings. The number of carboxylic acids is 1. The molecule has 0 saturated carbocycles. The molecule has 1 aromatic carbocycles. The predicted octanol–water partition coefficient (Wildman–Crippen LogP) is 1.89. The molecule has 0 aliphatic rings. The van der Waals surface area contributed by atoms with Crippen LogP contribution < -0.4 is 32.1 Å². The summed E-state index contributed by atoms with van der Waals surface area (Å²) in [4.78, 5) is 47.1. The van der Waals surface area contributed by atoms with Crippen LogP contribution in [0.15, 0.2) is 29.1 Å². The minimum absolute atomic E-state index is 0.0606. The molecule has 0 aliphatic heterocycles. The molecule has 1 atom stereocenters. The minimum Gasteiger partial charge on any atom is -0.480 e. The average Bonchev–Trinajstić information content (AvgIpc) is 3.26. The third-order valence-corrected chi connectivity index (χ3v) is 6.45. The van der Waals surface area contributed by atoms with Crippen molar-refractivity contribution in [1.29, 1.82) is 0 Å². The monoisotopic (exact) mass is 632 g/mol. The zero-order chi connectivity index (χ0) is 32.3. The number of H-pyrrole nitrogens is 1. The molecule has 16 heteroatoms. The Morgan fingerprint density at radius 2 is 1.82 bits per heavy atom. The topological polar surface area (TPSA) is 208 Å². The van der Waals surface area contributed by atoms with Gasteiger partial charge in [-0.05, 0) is 63.4 Å². The summed E-state index contributed by atoms with van der Waals surface area (Å²) in [6, 6.07) is 6.70. The number of anilines is 1. The first kappa shape index (κ1) is 34.1. The number of nitrogen functional groups attached to an aromatic ring is 1. The molecule has 240 valence electrons. The molecule has 0 fully saturated rings. The number of amides is 1. The normalized spacial score (nSPS) is 12.0. The number of unbranched alkanes of at least 4 members (excludes halogenated alkanes) is 1. The Morgan fingerprint density at radius 3 is 2.48 bits per heavy atom. The van der Waals surface area contributed by atoms with Gasteiger partial charge in [-0.25, -0.2) is 14.4 Å². The van der Waals surface area contributed by atoms with Crippen molar-refractivity contribution in [3.63, 3.8) is 0 Å². The summed E-state index contributed by atoms with van der Waals surface area (Å²) in [6.07, 6.45) is 0.716. The number of imidazole rings is 1. The highest BCUT2D eigenvalue weighted by Gasteiger charge is 2.23. The molecule has 0 bridgehead atoms. The lowest BCUT2D eigenvalue weighted by Gasteiger charge is -2.22. The Balaban J connectivity index is 1.44. The van der Waals surface area contributed by atoms with Crippen molar-refractivity contribution in [2.75, 3.05) is 32.6 Å². The van der Waals surface area contributed by atoms with Crippen LogP contribution in [0.2, 0.25) is 0 Å². The molecule has 0 spiro atoms. The van der Waals surface area contributed by atoms with E-state index >= 15 is 0 Å². The van der Waals surface area contributed by atoms with Gasteiger partial charge in [-0.2, -0.15) is 9.97 Å². The van der Waals surface area contributed by atoms with Crippen LogP contribution in [0, 0.1) is 0 Å². The van der Waals surface area contributed by atoms with Crippen molar-refractivity contribution in [2.24, 2.45) is 0 Å². The number of ether oxygens (including phenoxy) is 3. The maximum absolute atomic E-state index is 12.6. The highest BCUT2D eigenvalue weighted by Crippen LogP contribution is 2.19. The fourth-order valence-corrected chi connectivity index (χ4v) is 4.21. The molecule has 0 saturated heterocycles. The number of fused-ring (bicyclic) bond motifs is 1. The molecule has 44 heavy (non-hydrogen) atoms. The van der Waals surface area contributed by atoms with Crippen LogP contribution in [0.3, 0.4) is 0 Å². The quantitative estimate of drug-likeness (QED) is 0.105. The Morgan fingerprint density at radius 1 is 1.11 bits per heavy atom. The average molecular weight is 633 g/mol. The number of aliphatic carboxylic acids is 1. The number of thiocarbonyl (C=S) groups is 1. The smallest absolute Gasteiger partial charge is 0.408 e. The molecule has 0 radical (unpaired) electrons. The third kappa shape index (κ3) is 10.7. The molecular weight excluding hydrogens is 592 g/mol. The summed E-state index contributed by atoms with van der Waals surface area (Å²) in [6.45, 7) is 7.00. The van der Waals surface area contributed by atoms with Gasteiger partial charge in [0, 0.05) is 20.2 Å². The molecule has 15 nitrogen and oxygen atoms in total. The lowest BCUT2D eigenvalue weighted by Crippen LogP contribution is -2.43. The predicted molar refractivity (Wildman–Crippen MR) is 168 cm³/mol. The molecule has 0 aliphatic carbocycles. The van der Waals surface area contributed by atoms with E-state index in [9.17, 15) is 19.5 Å². The number of aromatic amines is 1. The number of methoxy groups -OCH3 is 1. The maximum Gasteiger partial charge on any atom is 0.408 e. The van der Waals surface area contributed by atoms with Crippen molar-refractivity contribution >= 4 is 46.4 Å². The standard InChI is InChI=1S/C28H40N8O7S/c1-28(2,3)43-27(40)32-19(23(37)38)7-5-6-12-30-25(44)31-15-17-8-10-18(11-9-17)16-36-22-20(33-26(36)39)21(29)34-24(35-22)42-14-13-41-4/h8-11,19H,5-7,12-16H2,1-4H3,(H,32,40)(H,33,39)(H,37,38)(H2,29,34,35)(H2,30,31,44). The van der Waals surface area contributed by atoms with Gasteiger partial charge in [0.05, 0.1) is 13.2 Å². The summed E-state index contributed by atoms with van der Waals surface area (Å²) in [5.41, 5.74) is 7.46. The summed E-state index contributed by atoms with van der Waals surface area (Å²) >= 11 is 5.35. The molecule has 2 aromatic heterocycles. The lowest BCUT2D eigenvalue weighted by atomic mass is 10.1. The van der Waals surface area contributed by atoms with E-state index < -0.39 is 23.7 Å². The highest BCUT2D eigenvalue weighted by atomic mass is 32.1. The third-order valence-electron chi connectivity index (χ3n) is 6.16. The zero-order valence-electron chi connectivity index (χ0n) is 25.3. The van der Waals surface area contributed by atoms with E-state index in [4.69, 9.17) is 32.2 Å². The van der Waals surface area contributed by atoms with E-state index in [1.165, 1.54) is 4.57 Å². The second-order valence-electron chi connectivity index (χ2n) is 10.9. The van der Waals surface area contributed by atoms with Gasteiger partial charge >= 0.3 is 23.8 Å². The van der Waals surface area contributed by atoms with Crippen molar-refractivity contribution < 1.29 is 28.9 Å². The Labute approximate surface area is 259 Å². The van der Waals surface area contributed by atoms with Gasteiger partial charge in [-0.15, -0.1) is 0 Å². The number of aromatic nitrogens is 4. The van der Waals surface area contributed by atoms with Crippen molar-refractivity contribution in [3.8, 4) is 6.01 Å².